The summed E-state index contributed by atoms with van der Waals surface area (Å²) in [6, 6.07) is 4.12. The summed E-state index contributed by atoms with van der Waals surface area (Å²) in [6.45, 7) is 3.38. The Morgan fingerprint density at radius 1 is 1.20 bits per heavy atom. The van der Waals surface area contributed by atoms with E-state index in [1.807, 2.05) is 0 Å². The first-order valence-electron chi connectivity index (χ1n) is 4.54. The van der Waals surface area contributed by atoms with E-state index in [1.54, 1.807) is 13.8 Å². The van der Waals surface area contributed by atoms with E-state index in [0.717, 1.165) is 0 Å². The van der Waals surface area contributed by atoms with Crippen molar-refractivity contribution in [2.75, 3.05) is 0 Å². The summed E-state index contributed by atoms with van der Waals surface area (Å²) in [4.78, 5) is 22.3. The van der Waals surface area contributed by atoms with Crippen molar-refractivity contribution in [3.05, 3.63) is 29.3 Å². The average molecular weight is 208 g/mol. The van der Waals surface area contributed by atoms with Gasteiger partial charge in [0.25, 0.3) is 0 Å². The smallest absolute Gasteiger partial charge is 0.339 e. The molecule has 0 spiro atoms. The molecular formula is C11H12O4. The number of benzene rings is 1. The van der Waals surface area contributed by atoms with Gasteiger partial charge in [0.15, 0.2) is 5.78 Å². The topological polar surface area (TPSA) is 74.6 Å². The van der Waals surface area contributed by atoms with Crippen LogP contribution < -0.4 is 0 Å². The number of carboxylic acid groups (broad SMARTS) is 1. The summed E-state index contributed by atoms with van der Waals surface area (Å²) in [5, 5.41) is 18.3. The van der Waals surface area contributed by atoms with E-state index in [1.165, 1.54) is 18.2 Å². The maximum Gasteiger partial charge on any atom is 0.339 e. The Balaban J connectivity index is 3.27. The third kappa shape index (κ3) is 2.15. The zero-order chi connectivity index (χ0) is 11.6. The Morgan fingerprint density at radius 3 is 2.20 bits per heavy atom. The van der Waals surface area contributed by atoms with Crippen molar-refractivity contribution in [2.45, 2.75) is 13.8 Å². The molecular weight excluding hydrogens is 196 g/mol. The Kier molecular flexibility index (Phi) is 3.09. The van der Waals surface area contributed by atoms with Crippen LogP contribution in [0.1, 0.15) is 34.6 Å². The van der Waals surface area contributed by atoms with Gasteiger partial charge in [-0.1, -0.05) is 19.9 Å². The van der Waals surface area contributed by atoms with Crippen LogP contribution in [0.2, 0.25) is 0 Å². The van der Waals surface area contributed by atoms with Gasteiger partial charge >= 0.3 is 5.97 Å². The van der Waals surface area contributed by atoms with Gasteiger partial charge in [0.2, 0.25) is 0 Å². The molecule has 4 nitrogen and oxygen atoms in total. The fraction of sp³-hybridized carbons (Fsp3) is 0.273. The first kappa shape index (κ1) is 11.2. The van der Waals surface area contributed by atoms with E-state index in [4.69, 9.17) is 5.11 Å². The number of rotatable bonds is 3. The van der Waals surface area contributed by atoms with Crippen molar-refractivity contribution in [3.63, 3.8) is 0 Å². The fourth-order valence-electron chi connectivity index (χ4n) is 1.23. The van der Waals surface area contributed by atoms with Crippen LogP contribution in [0.5, 0.6) is 5.75 Å². The van der Waals surface area contributed by atoms with Crippen LogP contribution in [0.25, 0.3) is 0 Å². The lowest BCUT2D eigenvalue weighted by molar-refractivity contribution is 0.0693. The summed E-state index contributed by atoms with van der Waals surface area (Å²) >= 11 is 0. The predicted molar refractivity (Wildman–Crippen MR) is 54.2 cm³/mol. The quantitative estimate of drug-likeness (QED) is 0.744. The van der Waals surface area contributed by atoms with Gasteiger partial charge in [0, 0.05) is 5.92 Å². The van der Waals surface area contributed by atoms with Crippen LogP contribution in [0.15, 0.2) is 18.2 Å². The molecule has 2 N–H and O–H groups in total. The van der Waals surface area contributed by atoms with Crippen molar-refractivity contribution in [3.8, 4) is 5.75 Å². The molecule has 0 saturated heterocycles. The minimum absolute atomic E-state index is 0.0601. The molecule has 15 heavy (non-hydrogen) atoms. The van der Waals surface area contributed by atoms with Gasteiger partial charge in [-0.2, -0.15) is 0 Å². The summed E-state index contributed by atoms with van der Waals surface area (Å²) in [6.07, 6.45) is 0. The number of hydrogen-bond donors (Lipinski definition) is 2. The molecule has 0 aliphatic carbocycles. The second-order valence-electron chi connectivity index (χ2n) is 3.53. The first-order valence-corrected chi connectivity index (χ1v) is 4.54. The van der Waals surface area contributed by atoms with Crippen LogP contribution in [-0.4, -0.2) is 22.0 Å². The van der Waals surface area contributed by atoms with Gasteiger partial charge in [-0.25, -0.2) is 4.79 Å². The van der Waals surface area contributed by atoms with Crippen LogP contribution in [0.3, 0.4) is 0 Å². The maximum atomic E-state index is 11.6. The molecule has 0 aliphatic rings. The third-order valence-corrected chi connectivity index (χ3v) is 2.06. The van der Waals surface area contributed by atoms with Gasteiger partial charge in [-0.15, -0.1) is 0 Å². The Labute approximate surface area is 87.2 Å². The molecule has 0 unspecified atom stereocenters. The maximum absolute atomic E-state index is 11.6. The summed E-state index contributed by atoms with van der Waals surface area (Å²) in [5.74, 6) is -2.25. The van der Waals surface area contributed by atoms with E-state index in [9.17, 15) is 14.7 Å². The minimum atomic E-state index is -1.24. The summed E-state index contributed by atoms with van der Waals surface area (Å²) in [7, 11) is 0. The lowest BCUT2D eigenvalue weighted by atomic mass is 9.98. The van der Waals surface area contributed by atoms with E-state index in [-0.39, 0.29) is 22.8 Å². The number of phenols is 1. The first-order chi connectivity index (χ1) is 6.95. The zero-order valence-corrected chi connectivity index (χ0v) is 8.52. The molecule has 0 amide bonds. The normalized spacial score (nSPS) is 10.3. The minimum Gasteiger partial charge on any atom is -0.506 e. The molecule has 1 rings (SSSR count). The van der Waals surface area contributed by atoms with Gasteiger partial charge < -0.3 is 10.2 Å². The van der Waals surface area contributed by atoms with E-state index in [2.05, 4.69) is 0 Å². The number of carboxylic acids is 1. The average Bonchev–Trinajstić information content (AvgIpc) is 2.16. The Hall–Kier alpha value is -1.84. The number of aromatic hydroxyl groups is 1. The number of hydrogen-bond acceptors (Lipinski definition) is 3. The highest BCUT2D eigenvalue weighted by molar-refractivity contribution is 6.03. The highest BCUT2D eigenvalue weighted by atomic mass is 16.4. The van der Waals surface area contributed by atoms with Crippen LogP contribution in [-0.2, 0) is 0 Å². The predicted octanol–water partition coefficient (Wildman–Crippen LogP) is 1.93. The van der Waals surface area contributed by atoms with Gasteiger partial charge in [0.05, 0.1) is 5.56 Å². The van der Waals surface area contributed by atoms with Crippen molar-refractivity contribution < 1.29 is 19.8 Å². The molecule has 1 aromatic rings. The molecule has 80 valence electrons. The largest absolute Gasteiger partial charge is 0.506 e. The molecule has 0 saturated carbocycles. The van der Waals surface area contributed by atoms with E-state index >= 15 is 0 Å². The van der Waals surface area contributed by atoms with Crippen molar-refractivity contribution >= 4 is 11.8 Å². The SMILES string of the molecule is CC(C)C(=O)c1cccc(C(=O)O)c1O. The Morgan fingerprint density at radius 2 is 1.73 bits per heavy atom. The lowest BCUT2D eigenvalue weighted by Crippen LogP contribution is -2.09. The molecule has 0 aromatic heterocycles. The molecule has 0 radical (unpaired) electrons. The molecule has 0 aliphatic heterocycles. The van der Waals surface area contributed by atoms with E-state index < -0.39 is 11.7 Å². The fourth-order valence-corrected chi connectivity index (χ4v) is 1.23. The summed E-state index contributed by atoms with van der Waals surface area (Å²) < 4.78 is 0. The molecule has 1 aromatic carbocycles. The van der Waals surface area contributed by atoms with E-state index in [0.29, 0.717) is 0 Å². The van der Waals surface area contributed by atoms with Gasteiger partial charge in [-0.3, -0.25) is 4.79 Å². The van der Waals surface area contributed by atoms with Crippen LogP contribution in [0.4, 0.5) is 0 Å². The highest BCUT2D eigenvalue weighted by Gasteiger charge is 2.19. The number of ketones is 1. The van der Waals surface area contributed by atoms with Gasteiger partial charge in [0.1, 0.15) is 11.3 Å². The molecule has 0 bridgehead atoms. The second-order valence-corrected chi connectivity index (χ2v) is 3.53. The van der Waals surface area contributed by atoms with Crippen molar-refractivity contribution in [2.24, 2.45) is 5.92 Å². The van der Waals surface area contributed by atoms with Crippen molar-refractivity contribution in [1.29, 1.82) is 0 Å². The van der Waals surface area contributed by atoms with Crippen LogP contribution >= 0.6 is 0 Å². The molecule has 0 heterocycles. The number of carbonyl (C=O) groups is 2. The van der Waals surface area contributed by atoms with Gasteiger partial charge in [-0.05, 0) is 12.1 Å². The standard InChI is InChI=1S/C11H12O4/c1-6(2)9(12)7-4-3-5-8(10(7)13)11(14)15/h3-6,13H,1-2H3,(H,14,15). The second kappa shape index (κ2) is 4.13. The monoisotopic (exact) mass is 208 g/mol. The van der Waals surface area contributed by atoms with Crippen molar-refractivity contribution in [1.82, 2.24) is 0 Å². The Bertz CT molecular complexity index is 407. The molecule has 0 atom stereocenters. The third-order valence-electron chi connectivity index (χ3n) is 2.06. The van der Waals surface area contributed by atoms with Crippen LogP contribution in [0, 0.1) is 5.92 Å². The molecule has 0 fully saturated rings. The molecule has 4 heteroatoms. The number of Topliss-reactive ketones (excluding diaryl/α,β-unsaturated/α-hetero) is 1. The number of carbonyl (C=O) groups excluding carboxylic acids is 1. The lowest BCUT2D eigenvalue weighted by Gasteiger charge is -2.08. The number of aromatic carboxylic acids is 1. The summed E-state index contributed by atoms with van der Waals surface area (Å²) in [5.41, 5.74) is -0.189. The zero-order valence-electron chi connectivity index (χ0n) is 8.52. The number of para-hydroxylation sites is 1. The highest BCUT2D eigenvalue weighted by Crippen LogP contribution is 2.24.